The summed E-state index contributed by atoms with van der Waals surface area (Å²) in [5, 5.41) is 12.5. The summed E-state index contributed by atoms with van der Waals surface area (Å²) in [5.74, 6) is 1.26. The fourth-order valence-corrected chi connectivity index (χ4v) is 4.17. The molecule has 4 rings (SSSR count). The molecule has 9 nitrogen and oxygen atoms in total. The van der Waals surface area contributed by atoms with E-state index in [1.54, 1.807) is 0 Å². The first-order valence-electron chi connectivity index (χ1n) is 10.1. The molecule has 2 saturated carbocycles. The molecule has 9 heteroatoms. The number of hydrazine groups is 1. The molecule has 148 valence electrons. The lowest BCUT2D eigenvalue weighted by molar-refractivity contribution is 0.296. The van der Waals surface area contributed by atoms with Crippen LogP contribution in [-0.4, -0.2) is 49.9 Å². The Balaban J connectivity index is 1.62. The van der Waals surface area contributed by atoms with E-state index in [0.29, 0.717) is 36.4 Å². The Morgan fingerprint density at radius 3 is 2.63 bits per heavy atom. The molecule has 0 amide bonds. The van der Waals surface area contributed by atoms with Gasteiger partial charge in [-0.1, -0.05) is 12.8 Å². The molecule has 0 aliphatic heterocycles. The number of aliphatic hydroxyl groups excluding tert-OH is 1. The fraction of sp³-hybridized carbons (Fsp3) is 0.722. The highest BCUT2D eigenvalue weighted by Crippen LogP contribution is 2.33. The maximum Gasteiger partial charge on any atom is 0.227 e. The molecule has 27 heavy (non-hydrogen) atoms. The summed E-state index contributed by atoms with van der Waals surface area (Å²) in [6.07, 6.45) is 10.9. The fourth-order valence-electron chi connectivity index (χ4n) is 4.17. The van der Waals surface area contributed by atoms with Crippen LogP contribution in [0.3, 0.4) is 0 Å². The van der Waals surface area contributed by atoms with Crippen molar-refractivity contribution in [1.29, 1.82) is 0 Å². The van der Waals surface area contributed by atoms with E-state index in [9.17, 15) is 0 Å². The molecule has 2 heterocycles. The number of imidazole rings is 1. The molecule has 0 unspecified atom stereocenters. The number of rotatable bonds is 7. The van der Waals surface area contributed by atoms with Crippen molar-refractivity contribution in [3.63, 3.8) is 0 Å². The van der Waals surface area contributed by atoms with Crippen LogP contribution in [0.15, 0.2) is 6.33 Å². The first kappa shape index (κ1) is 18.4. The van der Waals surface area contributed by atoms with Crippen molar-refractivity contribution in [1.82, 2.24) is 24.9 Å². The average molecular weight is 374 g/mol. The van der Waals surface area contributed by atoms with Crippen LogP contribution in [0.2, 0.25) is 0 Å². The van der Waals surface area contributed by atoms with E-state index in [2.05, 4.69) is 30.7 Å². The van der Waals surface area contributed by atoms with Gasteiger partial charge >= 0.3 is 0 Å². The van der Waals surface area contributed by atoms with Gasteiger partial charge in [-0.25, -0.2) is 10.4 Å². The molecule has 0 saturated heterocycles. The van der Waals surface area contributed by atoms with Crippen LogP contribution < -0.4 is 21.9 Å². The van der Waals surface area contributed by atoms with Crippen molar-refractivity contribution in [2.45, 2.75) is 69.5 Å². The Labute approximate surface area is 159 Å². The lowest BCUT2D eigenvalue weighted by Crippen LogP contribution is -2.33. The van der Waals surface area contributed by atoms with E-state index in [1.165, 1.54) is 25.7 Å². The van der Waals surface area contributed by atoms with Crippen LogP contribution in [0.5, 0.6) is 0 Å². The van der Waals surface area contributed by atoms with Crippen LogP contribution in [0.4, 0.5) is 11.8 Å². The number of nitrogens with two attached hydrogens (primary N) is 1. The van der Waals surface area contributed by atoms with E-state index in [0.717, 1.165) is 36.8 Å². The number of hydrogen-bond acceptors (Lipinski definition) is 8. The van der Waals surface area contributed by atoms with Crippen LogP contribution in [0.1, 0.15) is 57.4 Å². The van der Waals surface area contributed by atoms with Crippen LogP contribution in [-0.2, 0) is 0 Å². The highest BCUT2D eigenvalue weighted by molar-refractivity contribution is 5.84. The molecule has 0 spiro atoms. The lowest BCUT2D eigenvalue weighted by Gasteiger charge is -2.27. The summed E-state index contributed by atoms with van der Waals surface area (Å²) in [5.41, 5.74) is 13.7. The summed E-state index contributed by atoms with van der Waals surface area (Å²) in [6.45, 7) is 0.475. The van der Waals surface area contributed by atoms with Crippen molar-refractivity contribution in [2.24, 2.45) is 5.73 Å². The van der Waals surface area contributed by atoms with Gasteiger partial charge in [0.05, 0.1) is 12.9 Å². The van der Waals surface area contributed by atoms with Crippen LogP contribution in [0, 0.1) is 0 Å². The highest BCUT2D eigenvalue weighted by Gasteiger charge is 2.23. The number of anilines is 2. The van der Waals surface area contributed by atoms with Crippen molar-refractivity contribution < 1.29 is 5.11 Å². The van der Waals surface area contributed by atoms with Crippen molar-refractivity contribution in [3.8, 4) is 0 Å². The normalized spacial score (nSPS) is 23.8. The van der Waals surface area contributed by atoms with Crippen molar-refractivity contribution in [3.05, 3.63) is 6.33 Å². The number of hydrogen-bond donors (Lipinski definition) is 5. The van der Waals surface area contributed by atoms with Gasteiger partial charge in [0.1, 0.15) is 0 Å². The largest absolute Gasteiger partial charge is 0.395 e. The second kappa shape index (κ2) is 8.37. The van der Waals surface area contributed by atoms with Gasteiger partial charge in [-0.15, -0.1) is 0 Å². The highest BCUT2D eigenvalue weighted by atomic mass is 16.3. The molecule has 0 radical (unpaired) electrons. The Morgan fingerprint density at radius 1 is 1.11 bits per heavy atom. The third-order valence-electron chi connectivity index (χ3n) is 5.69. The Hall–Kier alpha value is -1.97. The average Bonchev–Trinajstić information content (AvgIpc) is 3.33. The van der Waals surface area contributed by atoms with Gasteiger partial charge in [0.15, 0.2) is 17.0 Å². The monoisotopic (exact) mass is 374 g/mol. The third kappa shape index (κ3) is 4.15. The van der Waals surface area contributed by atoms with Gasteiger partial charge in [0.25, 0.3) is 0 Å². The SMILES string of the molecule is NC1CCC(Nc2nc(NNCCO)c3ncn(C4CCCC4)c3n2)CC1. The molecule has 0 atom stereocenters. The van der Waals surface area contributed by atoms with E-state index in [-0.39, 0.29) is 6.61 Å². The number of nitrogens with one attached hydrogen (secondary N) is 3. The van der Waals surface area contributed by atoms with E-state index >= 15 is 0 Å². The van der Waals surface area contributed by atoms with Crippen LogP contribution in [0.25, 0.3) is 11.2 Å². The number of aromatic nitrogens is 4. The molecule has 2 aromatic rings. The predicted molar refractivity (Wildman–Crippen MR) is 105 cm³/mol. The molecule has 0 aromatic carbocycles. The van der Waals surface area contributed by atoms with Gasteiger partial charge in [0.2, 0.25) is 5.95 Å². The topological polar surface area (TPSA) is 126 Å². The molecular weight excluding hydrogens is 344 g/mol. The Morgan fingerprint density at radius 2 is 1.89 bits per heavy atom. The van der Waals surface area contributed by atoms with E-state index in [4.69, 9.17) is 15.8 Å². The first-order valence-corrected chi connectivity index (χ1v) is 10.1. The van der Waals surface area contributed by atoms with Gasteiger partial charge in [-0.05, 0) is 38.5 Å². The Kier molecular flexibility index (Phi) is 5.70. The number of fused-ring (bicyclic) bond motifs is 1. The summed E-state index contributed by atoms with van der Waals surface area (Å²) in [7, 11) is 0. The molecule has 2 aliphatic rings. The first-order chi connectivity index (χ1) is 13.2. The zero-order valence-electron chi connectivity index (χ0n) is 15.7. The summed E-state index contributed by atoms with van der Waals surface area (Å²) >= 11 is 0. The zero-order valence-corrected chi connectivity index (χ0v) is 15.7. The molecular formula is C18H30N8O. The third-order valence-corrected chi connectivity index (χ3v) is 5.69. The quantitative estimate of drug-likeness (QED) is 0.365. The standard InChI is InChI=1S/C18H30N8O/c19-12-5-7-13(8-6-12)22-18-23-16(25-21-9-10-27)15-17(24-18)26(11-20-15)14-3-1-2-4-14/h11-14,21,27H,1-10,19H2,(H2,22,23,24,25). The summed E-state index contributed by atoms with van der Waals surface area (Å²) < 4.78 is 2.20. The van der Waals surface area contributed by atoms with E-state index < -0.39 is 0 Å². The number of nitrogens with zero attached hydrogens (tertiary/aromatic N) is 4. The zero-order chi connectivity index (χ0) is 18.6. The van der Waals surface area contributed by atoms with Crippen molar-refractivity contribution >= 4 is 22.9 Å². The maximum absolute atomic E-state index is 9.02. The molecule has 0 bridgehead atoms. The minimum atomic E-state index is 0.0468. The second-order valence-electron chi connectivity index (χ2n) is 7.69. The maximum atomic E-state index is 9.02. The van der Waals surface area contributed by atoms with Crippen LogP contribution >= 0.6 is 0 Å². The molecule has 2 aromatic heterocycles. The minimum Gasteiger partial charge on any atom is -0.395 e. The van der Waals surface area contributed by atoms with Gasteiger partial charge in [-0.3, -0.25) is 0 Å². The smallest absolute Gasteiger partial charge is 0.227 e. The van der Waals surface area contributed by atoms with E-state index in [1.807, 2.05) is 6.33 Å². The molecule has 2 fully saturated rings. The van der Waals surface area contributed by atoms with Gasteiger partial charge in [0, 0.05) is 24.7 Å². The lowest BCUT2D eigenvalue weighted by atomic mass is 9.92. The molecule has 2 aliphatic carbocycles. The Bertz CT molecular complexity index is 749. The predicted octanol–water partition coefficient (Wildman–Crippen LogP) is 1.53. The summed E-state index contributed by atoms with van der Waals surface area (Å²) in [4.78, 5) is 14.0. The molecule has 6 N–H and O–H groups in total. The van der Waals surface area contributed by atoms with Gasteiger partial charge in [-0.2, -0.15) is 9.97 Å². The van der Waals surface area contributed by atoms with Gasteiger partial charge < -0.3 is 26.1 Å². The second-order valence-corrected chi connectivity index (χ2v) is 7.69. The summed E-state index contributed by atoms with van der Waals surface area (Å²) in [6, 6.07) is 1.13. The minimum absolute atomic E-state index is 0.0468. The number of aliphatic hydroxyl groups is 1. The van der Waals surface area contributed by atoms with Crippen molar-refractivity contribution in [2.75, 3.05) is 23.9 Å².